The lowest BCUT2D eigenvalue weighted by molar-refractivity contribution is 0.392. The Bertz CT molecular complexity index is 721. The van der Waals surface area contributed by atoms with E-state index in [1.165, 1.54) is 0 Å². The predicted molar refractivity (Wildman–Crippen MR) is 98.6 cm³/mol. The van der Waals surface area contributed by atoms with Crippen LogP contribution in [0.2, 0.25) is 0 Å². The van der Waals surface area contributed by atoms with Crippen molar-refractivity contribution in [2.24, 2.45) is 4.99 Å². The van der Waals surface area contributed by atoms with E-state index < -0.39 is 0 Å². The fourth-order valence-electron chi connectivity index (χ4n) is 2.83. The molecule has 3 heterocycles. The molecule has 134 valence electrons. The van der Waals surface area contributed by atoms with Gasteiger partial charge in [0.25, 0.3) is 0 Å². The Morgan fingerprint density at radius 1 is 1.40 bits per heavy atom. The molecule has 0 spiro atoms. The SMILES string of the molecule is CCNC(=NCc1cccc(N(C)C)n1)NC1CCc2ncnn2C1. The van der Waals surface area contributed by atoms with Gasteiger partial charge in [-0.1, -0.05) is 6.07 Å². The molecule has 0 aromatic carbocycles. The smallest absolute Gasteiger partial charge is 0.191 e. The molecule has 8 nitrogen and oxygen atoms in total. The molecule has 2 N–H and O–H groups in total. The highest BCUT2D eigenvalue weighted by atomic mass is 15.4. The number of hydrogen-bond acceptors (Lipinski definition) is 5. The first-order valence-corrected chi connectivity index (χ1v) is 8.70. The molecule has 3 rings (SSSR count). The number of anilines is 1. The summed E-state index contributed by atoms with van der Waals surface area (Å²) in [5.74, 6) is 2.81. The van der Waals surface area contributed by atoms with Gasteiger partial charge in [0, 0.05) is 33.1 Å². The number of pyridine rings is 1. The number of aliphatic imine (C=N–C) groups is 1. The van der Waals surface area contributed by atoms with E-state index in [1.807, 2.05) is 41.9 Å². The van der Waals surface area contributed by atoms with Gasteiger partial charge in [-0.25, -0.2) is 19.6 Å². The van der Waals surface area contributed by atoms with Crippen molar-refractivity contribution in [3.8, 4) is 0 Å². The van der Waals surface area contributed by atoms with E-state index in [1.54, 1.807) is 6.33 Å². The van der Waals surface area contributed by atoms with Gasteiger partial charge >= 0.3 is 0 Å². The normalized spacial score (nSPS) is 17.1. The number of nitrogens with one attached hydrogen (secondary N) is 2. The van der Waals surface area contributed by atoms with Gasteiger partial charge in [-0.3, -0.25) is 0 Å². The second kappa shape index (κ2) is 7.96. The summed E-state index contributed by atoms with van der Waals surface area (Å²) in [5.41, 5.74) is 0.950. The van der Waals surface area contributed by atoms with Crippen LogP contribution < -0.4 is 15.5 Å². The van der Waals surface area contributed by atoms with Crippen molar-refractivity contribution in [3.05, 3.63) is 36.0 Å². The second-order valence-electron chi connectivity index (χ2n) is 6.32. The van der Waals surface area contributed by atoms with Gasteiger partial charge in [0.1, 0.15) is 18.0 Å². The average Bonchev–Trinajstić information content (AvgIpc) is 3.08. The largest absolute Gasteiger partial charge is 0.363 e. The van der Waals surface area contributed by atoms with Crippen LogP contribution in [0, 0.1) is 0 Å². The van der Waals surface area contributed by atoms with Crippen molar-refractivity contribution in [2.75, 3.05) is 25.5 Å². The molecule has 25 heavy (non-hydrogen) atoms. The number of fused-ring (bicyclic) bond motifs is 1. The Hall–Kier alpha value is -2.64. The number of aryl methyl sites for hydroxylation is 1. The van der Waals surface area contributed by atoms with Gasteiger partial charge in [0.15, 0.2) is 5.96 Å². The molecule has 0 bridgehead atoms. The quantitative estimate of drug-likeness (QED) is 0.618. The van der Waals surface area contributed by atoms with Gasteiger partial charge in [0.05, 0.1) is 18.8 Å². The van der Waals surface area contributed by atoms with Crippen LogP contribution in [0.3, 0.4) is 0 Å². The van der Waals surface area contributed by atoms with E-state index >= 15 is 0 Å². The Labute approximate surface area is 148 Å². The summed E-state index contributed by atoms with van der Waals surface area (Å²) in [4.78, 5) is 15.6. The molecule has 0 fully saturated rings. The third kappa shape index (κ3) is 4.46. The fourth-order valence-corrected chi connectivity index (χ4v) is 2.83. The number of rotatable bonds is 5. The van der Waals surface area contributed by atoms with Gasteiger partial charge in [-0.2, -0.15) is 5.10 Å². The van der Waals surface area contributed by atoms with Crippen LogP contribution in [0.15, 0.2) is 29.5 Å². The maximum atomic E-state index is 4.69. The Kier molecular flexibility index (Phi) is 5.47. The van der Waals surface area contributed by atoms with Gasteiger partial charge in [-0.05, 0) is 25.5 Å². The van der Waals surface area contributed by atoms with Crippen LogP contribution in [-0.2, 0) is 19.5 Å². The van der Waals surface area contributed by atoms with E-state index in [-0.39, 0.29) is 0 Å². The lowest BCUT2D eigenvalue weighted by atomic mass is 10.1. The van der Waals surface area contributed by atoms with E-state index in [0.29, 0.717) is 12.6 Å². The molecular weight excluding hydrogens is 316 g/mol. The van der Waals surface area contributed by atoms with Crippen LogP contribution in [0.5, 0.6) is 0 Å². The fraction of sp³-hybridized carbons (Fsp3) is 0.529. The summed E-state index contributed by atoms with van der Waals surface area (Å²) in [6.07, 6.45) is 3.58. The highest BCUT2D eigenvalue weighted by molar-refractivity contribution is 5.80. The molecular formula is C17H26N8. The molecule has 0 saturated heterocycles. The number of hydrogen-bond donors (Lipinski definition) is 2. The Morgan fingerprint density at radius 3 is 3.08 bits per heavy atom. The lowest BCUT2D eigenvalue weighted by Crippen LogP contribution is -2.47. The van der Waals surface area contributed by atoms with Crippen molar-refractivity contribution >= 4 is 11.8 Å². The van der Waals surface area contributed by atoms with Crippen molar-refractivity contribution in [2.45, 2.75) is 38.9 Å². The molecule has 0 radical (unpaired) electrons. The van der Waals surface area contributed by atoms with Crippen LogP contribution in [0.1, 0.15) is 24.9 Å². The lowest BCUT2D eigenvalue weighted by Gasteiger charge is -2.25. The molecule has 1 unspecified atom stereocenters. The molecule has 0 amide bonds. The zero-order valence-electron chi connectivity index (χ0n) is 15.1. The van der Waals surface area contributed by atoms with Crippen LogP contribution in [-0.4, -0.2) is 52.4 Å². The van der Waals surface area contributed by atoms with Gasteiger partial charge in [-0.15, -0.1) is 0 Å². The van der Waals surface area contributed by atoms with Gasteiger partial charge < -0.3 is 15.5 Å². The standard InChI is InChI=1S/C17H26N8/c1-4-18-17(19-10-13-6-5-7-16(22-13)24(2)3)23-14-8-9-15-20-12-21-25(15)11-14/h5-7,12,14H,4,8-11H2,1-3H3,(H2,18,19,23). The minimum absolute atomic E-state index is 0.299. The Morgan fingerprint density at radius 2 is 2.28 bits per heavy atom. The zero-order chi connectivity index (χ0) is 17.6. The average molecular weight is 342 g/mol. The van der Waals surface area contributed by atoms with E-state index in [4.69, 9.17) is 0 Å². The second-order valence-corrected chi connectivity index (χ2v) is 6.32. The third-order valence-corrected chi connectivity index (χ3v) is 4.14. The van der Waals surface area contributed by atoms with Crippen molar-refractivity contribution in [1.29, 1.82) is 0 Å². The van der Waals surface area contributed by atoms with Crippen LogP contribution in [0.4, 0.5) is 5.82 Å². The van der Waals surface area contributed by atoms with Crippen LogP contribution in [0.25, 0.3) is 0 Å². The molecule has 1 atom stereocenters. The molecule has 1 aliphatic heterocycles. The molecule has 2 aromatic heterocycles. The minimum atomic E-state index is 0.299. The summed E-state index contributed by atoms with van der Waals surface area (Å²) in [5, 5.41) is 11.1. The topological polar surface area (TPSA) is 83.3 Å². The highest BCUT2D eigenvalue weighted by Crippen LogP contribution is 2.12. The summed E-state index contributed by atoms with van der Waals surface area (Å²) in [6.45, 7) is 4.24. The number of nitrogens with zero attached hydrogens (tertiary/aromatic N) is 6. The number of guanidine groups is 1. The third-order valence-electron chi connectivity index (χ3n) is 4.14. The highest BCUT2D eigenvalue weighted by Gasteiger charge is 2.20. The molecule has 0 aliphatic carbocycles. The first-order valence-electron chi connectivity index (χ1n) is 8.70. The van der Waals surface area contributed by atoms with E-state index in [2.05, 4.69) is 37.6 Å². The maximum absolute atomic E-state index is 4.69. The monoisotopic (exact) mass is 342 g/mol. The molecule has 2 aromatic rings. The molecule has 0 saturated carbocycles. The molecule has 1 aliphatic rings. The first kappa shape index (κ1) is 17.2. The molecule has 8 heteroatoms. The zero-order valence-corrected chi connectivity index (χ0v) is 15.1. The first-order chi connectivity index (χ1) is 12.2. The summed E-state index contributed by atoms with van der Waals surface area (Å²) in [7, 11) is 3.98. The number of aromatic nitrogens is 4. The summed E-state index contributed by atoms with van der Waals surface area (Å²) < 4.78 is 1.97. The van der Waals surface area contributed by atoms with E-state index in [9.17, 15) is 0 Å². The van der Waals surface area contributed by atoms with Crippen molar-refractivity contribution in [1.82, 2.24) is 30.4 Å². The summed E-state index contributed by atoms with van der Waals surface area (Å²) in [6, 6.07) is 6.31. The van der Waals surface area contributed by atoms with Crippen molar-refractivity contribution in [3.63, 3.8) is 0 Å². The summed E-state index contributed by atoms with van der Waals surface area (Å²) >= 11 is 0. The predicted octanol–water partition coefficient (Wildman–Crippen LogP) is 0.809. The van der Waals surface area contributed by atoms with Gasteiger partial charge in [0.2, 0.25) is 0 Å². The van der Waals surface area contributed by atoms with Crippen molar-refractivity contribution < 1.29 is 0 Å². The van der Waals surface area contributed by atoms with Crippen LogP contribution >= 0.6 is 0 Å². The minimum Gasteiger partial charge on any atom is -0.363 e. The maximum Gasteiger partial charge on any atom is 0.191 e. The van der Waals surface area contributed by atoms with E-state index in [0.717, 1.165) is 49.2 Å². The Balaban J connectivity index is 1.64.